The van der Waals surface area contributed by atoms with E-state index in [1.165, 1.54) is 16.8 Å². The molecule has 0 saturated carbocycles. The molecule has 0 bridgehead atoms. The molecule has 0 aliphatic heterocycles. The SMILES string of the molecule is CN/C1=C/C=C(/C2=C\C=C(c3cc4ccncc4[nH]3)/C(F)=C\CCC2)\C=C/CCC1. The van der Waals surface area contributed by atoms with Gasteiger partial charge in [-0.05, 0) is 80.0 Å². The van der Waals surface area contributed by atoms with Crippen molar-refractivity contribution in [3.05, 3.63) is 95.4 Å². The van der Waals surface area contributed by atoms with Crippen molar-refractivity contribution >= 4 is 16.5 Å². The van der Waals surface area contributed by atoms with Crippen LogP contribution >= 0.6 is 0 Å². The number of pyridine rings is 1. The van der Waals surface area contributed by atoms with Crippen molar-refractivity contribution in [1.82, 2.24) is 15.3 Å². The van der Waals surface area contributed by atoms with Gasteiger partial charge in [0.25, 0.3) is 0 Å². The van der Waals surface area contributed by atoms with E-state index in [-0.39, 0.29) is 5.83 Å². The third-order valence-electron chi connectivity index (χ3n) is 5.67. The average Bonchev–Trinajstić information content (AvgIpc) is 3.25. The molecule has 0 saturated heterocycles. The number of hydrogen-bond donors (Lipinski definition) is 2. The van der Waals surface area contributed by atoms with Gasteiger partial charge in [0.15, 0.2) is 0 Å². The van der Waals surface area contributed by atoms with Crippen molar-refractivity contribution in [2.24, 2.45) is 0 Å². The summed E-state index contributed by atoms with van der Waals surface area (Å²) in [6, 6.07) is 3.93. The number of allylic oxidation sites excluding steroid dienone is 12. The van der Waals surface area contributed by atoms with Crippen LogP contribution in [0.2, 0.25) is 0 Å². The van der Waals surface area contributed by atoms with Crippen LogP contribution in [0.25, 0.3) is 16.5 Å². The Bertz CT molecular complexity index is 1060. The first kappa shape index (κ1) is 20.1. The first-order valence-corrected chi connectivity index (χ1v) is 10.7. The molecular weight excluding hydrogens is 373 g/mol. The van der Waals surface area contributed by atoms with E-state index in [4.69, 9.17) is 0 Å². The highest BCUT2D eigenvalue weighted by atomic mass is 19.1. The van der Waals surface area contributed by atoms with Crippen LogP contribution in [-0.4, -0.2) is 17.0 Å². The second-order valence-electron chi connectivity index (χ2n) is 7.72. The number of aromatic nitrogens is 2. The Hall–Kier alpha value is -3.14. The van der Waals surface area contributed by atoms with E-state index in [2.05, 4.69) is 45.7 Å². The second kappa shape index (κ2) is 9.57. The van der Waals surface area contributed by atoms with Gasteiger partial charge >= 0.3 is 0 Å². The van der Waals surface area contributed by atoms with E-state index in [1.807, 2.05) is 25.3 Å². The van der Waals surface area contributed by atoms with Crippen molar-refractivity contribution in [2.75, 3.05) is 7.05 Å². The molecule has 0 unspecified atom stereocenters. The van der Waals surface area contributed by atoms with E-state index >= 15 is 4.39 Å². The zero-order valence-electron chi connectivity index (χ0n) is 17.4. The summed E-state index contributed by atoms with van der Waals surface area (Å²) < 4.78 is 15.0. The molecule has 0 atom stereocenters. The van der Waals surface area contributed by atoms with Gasteiger partial charge in [-0.15, -0.1) is 0 Å². The molecule has 4 rings (SSSR count). The van der Waals surface area contributed by atoms with E-state index in [1.54, 1.807) is 18.5 Å². The average molecular weight is 402 g/mol. The Kier molecular flexibility index (Phi) is 6.43. The molecule has 30 heavy (non-hydrogen) atoms. The number of nitrogens with one attached hydrogen (secondary N) is 2. The molecule has 0 radical (unpaired) electrons. The predicted octanol–water partition coefficient (Wildman–Crippen LogP) is 6.68. The molecule has 0 fully saturated rings. The zero-order valence-corrected chi connectivity index (χ0v) is 17.4. The molecule has 0 aromatic carbocycles. The Labute approximate surface area is 177 Å². The van der Waals surface area contributed by atoms with Crippen LogP contribution in [0.1, 0.15) is 44.2 Å². The molecule has 2 aromatic heterocycles. The van der Waals surface area contributed by atoms with Gasteiger partial charge in [-0.3, -0.25) is 4.98 Å². The lowest BCUT2D eigenvalue weighted by atomic mass is 9.98. The molecule has 2 aliphatic rings. The summed E-state index contributed by atoms with van der Waals surface area (Å²) in [6.07, 6.45) is 23.9. The van der Waals surface area contributed by atoms with Gasteiger partial charge < -0.3 is 10.3 Å². The molecule has 0 amide bonds. The Morgan fingerprint density at radius 3 is 2.83 bits per heavy atom. The van der Waals surface area contributed by atoms with Gasteiger partial charge in [0, 0.05) is 35.6 Å². The molecule has 2 N–H and O–H groups in total. The number of rotatable bonds is 3. The maximum atomic E-state index is 15.0. The van der Waals surface area contributed by atoms with Gasteiger partial charge in [0.2, 0.25) is 0 Å². The third kappa shape index (κ3) is 4.70. The van der Waals surface area contributed by atoms with Crippen LogP contribution in [0.5, 0.6) is 0 Å². The first-order valence-electron chi connectivity index (χ1n) is 10.7. The number of aromatic amines is 1. The fourth-order valence-electron chi connectivity index (χ4n) is 3.93. The summed E-state index contributed by atoms with van der Waals surface area (Å²) in [7, 11) is 1.98. The summed E-state index contributed by atoms with van der Waals surface area (Å²) in [6.45, 7) is 0. The van der Waals surface area contributed by atoms with Crippen LogP contribution in [-0.2, 0) is 0 Å². The van der Waals surface area contributed by atoms with Gasteiger partial charge in [-0.1, -0.05) is 24.3 Å². The Balaban J connectivity index is 1.75. The van der Waals surface area contributed by atoms with Crippen LogP contribution in [0.15, 0.2) is 89.7 Å². The highest BCUT2D eigenvalue weighted by Gasteiger charge is 2.13. The van der Waals surface area contributed by atoms with Crippen LogP contribution in [0, 0.1) is 0 Å². The molecule has 3 nitrogen and oxygen atoms in total. The number of nitrogens with zero attached hydrogens (tertiary/aromatic N) is 1. The number of hydrogen-bond acceptors (Lipinski definition) is 2. The van der Waals surface area contributed by atoms with E-state index < -0.39 is 0 Å². The van der Waals surface area contributed by atoms with Crippen LogP contribution in [0.4, 0.5) is 4.39 Å². The van der Waals surface area contributed by atoms with Gasteiger partial charge in [-0.2, -0.15) is 0 Å². The van der Waals surface area contributed by atoms with Crippen molar-refractivity contribution in [3.63, 3.8) is 0 Å². The van der Waals surface area contributed by atoms with E-state index in [0.29, 0.717) is 5.57 Å². The Morgan fingerprint density at radius 2 is 1.97 bits per heavy atom. The molecule has 154 valence electrons. The topological polar surface area (TPSA) is 40.7 Å². The van der Waals surface area contributed by atoms with Crippen molar-refractivity contribution < 1.29 is 4.39 Å². The van der Waals surface area contributed by atoms with Gasteiger partial charge in [0.1, 0.15) is 5.83 Å². The molecule has 2 heterocycles. The number of fused-ring (bicyclic) bond motifs is 1. The van der Waals surface area contributed by atoms with Crippen molar-refractivity contribution in [2.45, 2.75) is 38.5 Å². The highest BCUT2D eigenvalue weighted by molar-refractivity contribution is 5.87. The monoisotopic (exact) mass is 401 g/mol. The zero-order chi connectivity index (χ0) is 20.8. The lowest BCUT2D eigenvalue weighted by molar-refractivity contribution is 0.662. The molecule has 4 heteroatoms. The largest absolute Gasteiger partial charge is 0.391 e. The van der Waals surface area contributed by atoms with Crippen molar-refractivity contribution in [3.8, 4) is 0 Å². The second-order valence-corrected chi connectivity index (χ2v) is 7.72. The quantitative estimate of drug-likeness (QED) is 0.602. The van der Waals surface area contributed by atoms with E-state index in [0.717, 1.165) is 55.1 Å². The third-order valence-corrected chi connectivity index (χ3v) is 5.67. The highest BCUT2D eigenvalue weighted by Crippen LogP contribution is 2.30. The van der Waals surface area contributed by atoms with Gasteiger partial charge in [-0.25, -0.2) is 4.39 Å². The first-order chi connectivity index (χ1) is 14.7. The molecular formula is C26H28FN3. The van der Waals surface area contributed by atoms with Gasteiger partial charge in [0.05, 0.1) is 11.7 Å². The molecule has 2 aromatic rings. The summed E-state index contributed by atoms with van der Waals surface area (Å²) in [4.78, 5) is 7.46. The predicted molar refractivity (Wildman–Crippen MR) is 123 cm³/mol. The van der Waals surface area contributed by atoms with E-state index in [9.17, 15) is 0 Å². The maximum Gasteiger partial charge on any atom is 0.128 e. The Morgan fingerprint density at radius 1 is 1.07 bits per heavy atom. The minimum absolute atomic E-state index is 0.177. The summed E-state index contributed by atoms with van der Waals surface area (Å²) in [5.41, 5.74) is 5.96. The normalized spacial score (nSPS) is 28.1. The summed E-state index contributed by atoms with van der Waals surface area (Å²) in [5.74, 6) is -0.177. The smallest absolute Gasteiger partial charge is 0.128 e. The fourth-order valence-corrected chi connectivity index (χ4v) is 3.93. The molecule has 0 spiro atoms. The molecule has 2 aliphatic carbocycles. The summed E-state index contributed by atoms with van der Waals surface area (Å²) in [5, 5.41) is 4.32. The van der Waals surface area contributed by atoms with Crippen LogP contribution in [0.3, 0.4) is 0 Å². The lowest BCUT2D eigenvalue weighted by Gasteiger charge is -2.08. The maximum absolute atomic E-state index is 15.0. The number of H-pyrrole nitrogens is 1. The minimum atomic E-state index is -0.177. The fraction of sp³-hybridized carbons (Fsp3) is 0.269. The number of halogens is 1. The summed E-state index contributed by atoms with van der Waals surface area (Å²) >= 11 is 0. The lowest BCUT2D eigenvalue weighted by Crippen LogP contribution is -2.04. The van der Waals surface area contributed by atoms with Crippen molar-refractivity contribution in [1.29, 1.82) is 0 Å². The van der Waals surface area contributed by atoms with Crippen LogP contribution < -0.4 is 5.32 Å². The standard InChI is InChI=1S/C26H28FN3/c1-28-22-9-4-2-3-7-19(11-13-22)20-8-5-6-10-24(27)23(14-12-20)25-17-21-15-16-29-18-26(21)30-25/h3,7,10-18,28,30H,2,4-6,8-9H2,1H3/b7-3-,19-11+,20-12-,22-13+,23-14+,24-10+. The minimum Gasteiger partial charge on any atom is -0.391 e.